The zero-order valence-corrected chi connectivity index (χ0v) is 20.3. The van der Waals surface area contributed by atoms with E-state index in [1.165, 1.54) is 16.0 Å². The highest BCUT2D eigenvalue weighted by molar-refractivity contribution is 7.17. The van der Waals surface area contributed by atoms with Crippen molar-refractivity contribution in [3.05, 3.63) is 61.5 Å². The first kappa shape index (κ1) is 22.9. The first-order chi connectivity index (χ1) is 14.5. The van der Waals surface area contributed by atoms with Crippen LogP contribution in [0.2, 0.25) is 0 Å². The molecule has 164 valence electrons. The first-order valence-electron chi connectivity index (χ1n) is 10.5. The molecule has 1 N–H and O–H groups in total. The maximum atomic E-state index is 13.3. The van der Waals surface area contributed by atoms with Crippen LogP contribution in [0, 0.1) is 20.8 Å². The second kappa shape index (κ2) is 8.75. The number of carbonyl (C=O) groups is 1. The van der Waals surface area contributed by atoms with E-state index in [9.17, 15) is 9.59 Å². The van der Waals surface area contributed by atoms with Crippen molar-refractivity contribution in [1.82, 2.24) is 14.8 Å². The van der Waals surface area contributed by atoms with Crippen molar-refractivity contribution in [3.8, 4) is 10.6 Å². The molecule has 2 heterocycles. The Labute approximate surface area is 187 Å². The van der Waals surface area contributed by atoms with E-state index in [0.29, 0.717) is 21.1 Å². The fraction of sp³-hybridized carbons (Fsp3) is 0.417. The highest BCUT2D eigenvalue weighted by atomic mass is 32.1. The van der Waals surface area contributed by atoms with Gasteiger partial charge in [-0.25, -0.2) is 9.67 Å². The average Bonchev–Trinajstić information content (AvgIpc) is 3.07. The Hall–Kier alpha value is -2.80. The lowest BCUT2D eigenvalue weighted by Gasteiger charge is -2.20. The molecule has 0 radical (unpaired) electrons. The van der Waals surface area contributed by atoms with Crippen LogP contribution in [0.1, 0.15) is 77.3 Å². The summed E-state index contributed by atoms with van der Waals surface area (Å²) >= 11 is 1.25. The molecule has 0 saturated heterocycles. The van der Waals surface area contributed by atoms with Crippen molar-refractivity contribution < 1.29 is 4.79 Å². The fourth-order valence-corrected chi connectivity index (χ4v) is 4.74. The Morgan fingerprint density at radius 3 is 2.16 bits per heavy atom. The van der Waals surface area contributed by atoms with Crippen molar-refractivity contribution in [2.45, 2.75) is 60.3 Å². The number of para-hydroxylation sites is 1. The highest BCUT2D eigenvalue weighted by Gasteiger charge is 2.23. The molecule has 0 aliphatic rings. The number of aromatic nitrogens is 3. The van der Waals surface area contributed by atoms with E-state index < -0.39 is 0 Å². The Kier molecular flexibility index (Phi) is 6.46. The summed E-state index contributed by atoms with van der Waals surface area (Å²) < 4.78 is 1.32. The van der Waals surface area contributed by atoms with Crippen molar-refractivity contribution in [1.29, 1.82) is 0 Å². The fourth-order valence-electron chi connectivity index (χ4n) is 3.68. The number of benzene rings is 1. The van der Waals surface area contributed by atoms with E-state index >= 15 is 0 Å². The Morgan fingerprint density at radius 2 is 1.61 bits per heavy atom. The minimum absolute atomic E-state index is 0.198. The molecule has 2 aromatic heterocycles. The van der Waals surface area contributed by atoms with Crippen LogP contribution in [0.25, 0.3) is 10.6 Å². The molecule has 0 bridgehead atoms. The topological polar surface area (TPSA) is 76.9 Å². The van der Waals surface area contributed by atoms with Crippen LogP contribution in [0.15, 0.2) is 23.0 Å². The molecule has 0 unspecified atom stereocenters. The van der Waals surface area contributed by atoms with E-state index in [1.54, 1.807) is 14.0 Å². The SMILES string of the molecule is Cc1nc(-c2c(C)c(C)nn(C)c2=O)sc1C(=O)Nc1c(C(C)C)cccc1C(C)C. The number of hydrogen-bond donors (Lipinski definition) is 1. The largest absolute Gasteiger partial charge is 0.321 e. The van der Waals surface area contributed by atoms with Crippen LogP contribution in [-0.4, -0.2) is 20.7 Å². The average molecular weight is 439 g/mol. The van der Waals surface area contributed by atoms with Gasteiger partial charge in [-0.2, -0.15) is 5.10 Å². The van der Waals surface area contributed by atoms with Crippen molar-refractivity contribution in [2.75, 3.05) is 5.32 Å². The van der Waals surface area contributed by atoms with Crippen LogP contribution < -0.4 is 10.9 Å². The predicted molar refractivity (Wildman–Crippen MR) is 127 cm³/mol. The predicted octanol–water partition coefficient (Wildman–Crippen LogP) is 5.33. The number of nitrogens with zero attached hydrogens (tertiary/aromatic N) is 3. The summed E-state index contributed by atoms with van der Waals surface area (Å²) in [7, 11) is 1.63. The third-order valence-corrected chi connectivity index (χ3v) is 6.73. The van der Waals surface area contributed by atoms with E-state index in [0.717, 1.165) is 28.1 Å². The van der Waals surface area contributed by atoms with Crippen LogP contribution >= 0.6 is 11.3 Å². The van der Waals surface area contributed by atoms with E-state index in [1.807, 2.05) is 19.9 Å². The number of aryl methyl sites for hydroxylation is 3. The van der Waals surface area contributed by atoms with E-state index in [2.05, 4.69) is 55.2 Å². The van der Waals surface area contributed by atoms with Gasteiger partial charge in [0, 0.05) is 12.7 Å². The third kappa shape index (κ3) is 4.32. The molecular weight excluding hydrogens is 408 g/mol. The number of amides is 1. The third-order valence-electron chi connectivity index (χ3n) is 5.55. The van der Waals surface area contributed by atoms with Crippen LogP contribution in [0.3, 0.4) is 0 Å². The second-order valence-electron chi connectivity index (χ2n) is 8.52. The summed E-state index contributed by atoms with van der Waals surface area (Å²) in [5.74, 6) is 0.353. The molecule has 0 aliphatic carbocycles. The number of carbonyl (C=O) groups excluding carboxylic acids is 1. The lowest BCUT2D eigenvalue weighted by atomic mass is 9.92. The van der Waals surface area contributed by atoms with Gasteiger partial charge in [0.1, 0.15) is 9.88 Å². The number of hydrogen-bond acceptors (Lipinski definition) is 5. The molecule has 7 heteroatoms. The molecule has 0 spiro atoms. The normalized spacial score (nSPS) is 11.4. The molecular formula is C24H30N4O2S. The monoisotopic (exact) mass is 438 g/mol. The number of rotatable bonds is 5. The number of thiazole rings is 1. The maximum Gasteiger partial charge on any atom is 0.277 e. The number of nitrogens with one attached hydrogen (secondary N) is 1. The highest BCUT2D eigenvalue weighted by Crippen LogP contribution is 2.34. The molecule has 0 atom stereocenters. The molecule has 6 nitrogen and oxygen atoms in total. The molecule has 1 amide bonds. The van der Waals surface area contributed by atoms with Gasteiger partial charge >= 0.3 is 0 Å². The van der Waals surface area contributed by atoms with Gasteiger partial charge in [-0.3, -0.25) is 9.59 Å². The van der Waals surface area contributed by atoms with Crippen molar-refractivity contribution >= 4 is 22.9 Å². The van der Waals surface area contributed by atoms with E-state index in [4.69, 9.17) is 0 Å². The lowest BCUT2D eigenvalue weighted by molar-refractivity contribution is 0.102. The van der Waals surface area contributed by atoms with E-state index in [-0.39, 0.29) is 23.3 Å². The Morgan fingerprint density at radius 1 is 1.03 bits per heavy atom. The molecule has 0 fully saturated rings. The van der Waals surface area contributed by atoms with Crippen LogP contribution in [0.5, 0.6) is 0 Å². The van der Waals surface area contributed by atoms with Crippen LogP contribution in [0.4, 0.5) is 5.69 Å². The lowest BCUT2D eigenvalue weighted by Crippen LogP contribution is -2.23. The van der Waals surface area contributed by atoms with Gasteiger partial charge in [0.05, 0.1) is 17.0 Å². The standard InChI is InChI=1S/C24H30N4O2S/c1-12(2)17-10-9-11-18(13(3)4)20(17)26-22(29)21-16(7)25-23(31-21)19-14(5)15(6)27-28(8)24(19)30/h9-13H,1-8H3,(H,26,29). The summed E-state index contributed by atoms with van der Waals surface area (Å²) in [6.07, 6.45) is 0. The first-order valence-corrected chi connectivity index (χ1v) is 11.3. The Bertz CT molecular complexity index is 1180. The summed E-state index contributed by atoms with van der Waals surface area (Å²) in [6, 6.07) is 6.16. The second-order valence-corrected chi connectivity index (χ2v) is 9.52. The van der Waals surface area contributed by atoms with Gasteiger partial charge in [-0.05, 0) is 49.3 Å². The smallest absolute Gasteiger partial charge is 0.277 e. The van der Waals surface area contributed by atoms with Gasteiger partial charge in [0.25, 0.3) is 11.5 Å². The summed E-state index contributed by atoms with van der Waals surface area (Å²) in [6.45, 7) is 14.0. The minimum Gasteiger partial charge on any atom is -0.321 e. The summed E-state index contributed by atoms with van der Waals surface area (Å²) in [5, 5.41) is 7.93. The number of anilines is 1. The van der Waals surface area contributed by atoms with Crippen molar-refractivity contribution in [2.24, 2.45) is 7.05 Å². The Balaban J connectivity index is 2.06. The van der Waals surface area contributed by atoms with Gasteiger partial charge in [-0.15, -0.1) is 11.3 Å². The summed E-state index contributed by atoms with van der Waals surface area (Å²) in [4.78, 5) is 31.1. The zero-order valence-electron chi connectivity index (χ0n) is 19.5. The quantitative estimate of drug-likeness (QED) is 0.584. The van der Waals surface area contributed by atoms with Gasteiger partial charge in [0.2, 0.25) is 0 Å². The maximum absolute atomic E-state index is 13.3. The summed E-state index contributed by atoms with van der Waals surface area (Å²) in [5.41, 5.74) is 5.55. The van der Waals surface area contributed by atoms with Crippen LogP contribution in [-0.2, 0) is 7.05 Å². The van der Waals surface area contributed by atoms with Gasteiger partial charge < -0.3 is 5.32 Å². The van der Waals surface area contributed by atoms with Gasteiger partial charge in [0.15, 0.2) is 0 Å². The van der Waals surface area contributed by atoms with Gasteiger partial charge in [-0.1, -0.05) is 45.9 Å². The van der Waals surface area contributed by atoms with Crippen molar-refractivity contribution in [3.63, 3.8) is 0 Å². The molecule has 0 saturated carbocycles. The molecule has 1 aromatic carbocycles. The molecule has 31 heavy (non-hydrogen) atoms. The zero-order chi connectivity index (χ0) is 23.0. The molecule has 3 aromatic rings. The molecule has 3 rings (SSSR count). The molecule has 0 aliphatic heterocycles. The minimum atomic E-state index is -0.212.